The number of nitrogens with one attached hydrogen (secondary N) is 2. The molecule has 2 nitrogen and oxygen atoms in total. The molecule has 0 aliphatic rings. The van der Waals surface area contributed by atoms with Crippen molar-refractivity contribution in [2.45, 2.75) is 6.92 Å². The van der Waals surface area contributed by atoms with E-state index in [0.29, 0.717) is 5.84 Å². The number of amidine groups is 1. The van der Waals surface area contributed by atoms with Crippen molar-refractivity contribution in [2.75, 3.05) is 0 Å². The molecule has 0 rings (SSSR count). The lowest BCUT2D eigenvalue weighted by molar-refractivity contribution is 1.34. The smallest absolute Gasteiger partial charge is 0.215 e. The standard InChI is InChI=1S/C2H7BN2/c1-2(4)5-3/h3H2,1H3,(H2,4,5). The molecule has 0 aromatic carbocycles. The van der Waals surface area contributed by atoms with Crippen LogP contribution in [0.3, 0.4) is 0 Å². The predicted molar refractivity (Wildman–Crippen MR) is 25.1 cm³/mol. The zero-order valence-corrected chi connectivity index (χ0v) is 3.50. The summed E-state index contributed by atoms with van der Waals surface area (Å²) in [6.45, 7) is 1.69. The average Bonchev–Trinajstić information content (AvgIpc) is 1.38. The summed E-state index contributed by atoms with van der Waals surface area (Å²) in [5.41, 5.74) is 0. The third kappa shape index (κ3) is 3.53. The molecule has 0 radical (unpaired) electrons. The molecule has 0 unspecified atom stereocenters. The largest absolute Gasteiger partial charge is 0.424 e. The Labute approximate surface area is 32.5 Å². The molecule has 0 saturated heterocycles. The summed E-state index contributed by atoms with van der Waals surface area (Å²) < 4.78 is 0. The first-order chi connectivity index (χ1) is 2.27. The van der Waals surface area contributed by atoms with E-state index in [1.54, 1.807) is 14.9 Å². The Bertz CT molecular complexity index is 42.9. The molecule has 0 bridgehead atoms. The van der Waals surface area contributed by atoms with E-state index in [1.165, 1.54) is 0 Å². The van der Waals surface area contributed by atoms with Gasteiger partial charge in [0.25, 0.3) is 0 Å². The van der Waals surface area contributed by atoms with E-state index in [-0.39, 0.29) is 0 Å². The molecule has 0 aromatic heterocycles. The molecule has 0 aromatic rings. The Kier molecular flexibility index (Phi) is 1.65. The van der Waals surface area contributed by atoms with Crippen LogP contribution < -0.4 is 5.23 Å². The zero-order valence-electron chi connectivity index (χ0n) is 3.50. The second kappa shape index (κ2) is 1.82. The van der Waals surface area contributed by atoms with E-state index in [1.807, 2.05) is 0 Å². The molecule has 0 fully saturated rings. The highest BCUT2D eigenvalue weighted by Gasteiger charge is 1.66. The second-order valence-electron chi connectivity index (χ2n) is 0.875. The van der Waals surface area contributed by atoms with Crippen LogP contribution >= 0.6 is 0 Å². The van der Waals surface area contributed by atoms with E-state index in [4.69, 9.17) is 5.41 Å². The highest BCUT2D eigenvalue weighted by Crippen LogP contribution is 1.46. The van der Waals surface area contributed by atoms with Gasteiger partial charge in [0.05, 0.1) is 5.84 Å². The highest BCUT2D eigenvalue weighted by molar-refractivity contribution is 6.14. The maximum absolute atomic E-state index is 6.63. The summed E-state index contributed by atoms with van der Waals surface area (Å²) in [7, 11) is 1.72. The third-order valence-electron chi connectivity index (χ3n) is 0.375. The summed E-state index contributed by atoms with van der Waals surface area (Å²) in [6, 6.07) is 0. The topological polar surface area (TPSA) is 35.9 Å². The van der Waals surface area contributed by atoms with Crippen molar-refractivity contribution >= 4 is 13.8 Å². The lowest BCUT2D eigenvalue weighted by Gasteiger charge is -1.85. The van der Waals surface area contributed by atoms with Crippen molar-refractivity contribution < 1.29 is 0 Å². The fourth-order valence-electron chi connectivity index (χ4n) is 0. The normalized spacial score (nSPS) is 6.60. The van der Waals surface area contributed by atoms with E-state index < -0.39 is 0 Å². The molecular weight excluding hydrogens is 62.8 g/mol. The van der Waals surface area contributed by atoms with Gasteiger partial charge in [0, 0.05) is 0 Å². The van der Waals surface area contributed by atoms with E-state index in [2.05, 4.69) is 5.23 Å². The number of rotatable bonds is 0. The van der Waals surface area contributed by atoms with Gasteiger partial charge in [-0.2, -0.15) is 0 Å². The van der Waals surface area contributed by atoms with Gasteiger partial charge in [0.15, 0.2) is 0 Å². The lowest BCUT2D eigenvalue weighted by atomic mass is 10.4. The van der Waals surface area contributed by atoms with Crippen molar-refractivity contribution in [1.29, 1.82) is 5.41 Å². The van der Waals surface area contributed by atoms with Gasteiger partial charge in [0.1, 0.15) is 0 Å². The van der Waals surface area contributed by atoms with Crippen LogP contribution in [0, 0.1) is 5.41 Å². The van der Waals surface area contributed by atoms with Crippen LogP contribution in [-0.4, -0.2) is 13.8 Å². The Morgan fingerprint density at radius 3 is 2.20 bits per heavy atom. The fraction of sp³-hybridized carbons (Fsp3) is 0.500. The SMILES string of the molecule is BNC(C)=N. The molecule has 0 amide bonds. The summed E-state index contributed by atoms with van der Waals surface area (Å²) in [5, 5.41) is 9.24. The lowest BCUT2D eigenvalue weighted by Crippen LogP contribution is -2.13. The molecule has 0 aliphatic heterocycles. The Morgan fingerprint density at radius 2 is 2.20 bits per heavy atom. The molecule has 28 valence electrons. The van der Waals surface area contributed by atoms with Crippen molar-refractivity contribution in [2.24, 2.45) is 0 Å². The van der Waals surface area contributed by atoms with Crippen LogP contribution in [-0.2, 0) is 0 Å². The molecule has 3 heteroatoms. The summed E-state index contributed by atoms with van der Waals surface area (Å²) in [5.74, 6) is 0.505. The minimum atomic E-state index is 0.505. The first kappa shape index (κ1) is 4.53. The van der Waals surface area contributed by atoms with Crippen LogP contribution in [0.4, 0.5) is 0 Å². The van der Waals surface area contributed by atoms with Crippen LogP contribution in [0.15, 0.2) is 0 Å². The quantitative estimate of drug-likeness (QED) is 0.217. The first-order valence-electron chi connectivity index (χ1n) is 1.50. The molecule has 0 aliphatic carbocycles. The van der Waals surface area contributed by atoms with Gasteiger partial charge in [-0.15, -0.1) is 0 Å². The minimum Gasteiger partial charge on any atom is -0.424 e. The average molecular weight is 69.9 g/mol. The minimum absolute atomic E-state index is 0.505. The van der Waals surface area contributed by atoms with Crippen LogP contribution in [0.1, 0.15) is 6.92 Å². The number of hydrogen-bond acceptors (Lipinski definition) is 1. The first-order valence-corrected chi connectivity index (χ1v) is 1.50. The van der Waals surface area contributed by atoms with Crippen molar-refractivity contribution in [3.05, 3.63) is 0 Å². The molecule has 0 saturated carbocycles. The second-order valence-corrected chi connectivity index (χ2v) is 0.875. The van der Waals surface area contributed by atoms with Gasteiger partial charge in [-0.3, -0.25) is 5.41 Å². The van der Waals surface area contributed by atoms with Crippen LogP contribution in [0.5, 0.6) is 0 Å². The van der Waals surface area contributed by atoms with Crippen molar-refractivity contribution in [3.63, 3.8) is 0 Å². The number of hydrogen-bond donors (Lipinski definition) is 2. The molecule has 0 heterocycles. The van der Waals surface area contributed by atoms with Crippen LogP contribution in [0.2, 0.25) is 0 Å². The molecule has 2 N–H and O–H groups in total. The van der Waals surface area contributed by atoms with Crippen molar-refractivity contribution in [1.82, 2.24) is 5.23 Å². The summed E-state index contributed by atoms with van der Waals surface area (Å²) >= 11 is 0. The van der Waals surface area contributed by atoms with Gasteiger partial charge < -0.3 is 5.23 Å². The van der Waals surface area contributed by atoms with Gasteiger partial charge in [0.2, 0.25) is 7.98 Å². The maximum Gasteiger partial charge on any atom is 0.215 e. The third-order valence-corrected chi connectivity index (χ3v) is 0.375. The molecule has 0 atom stereocenters. The Morgan fingerprint density at radius 1 is 2.00 bits per heavy atom. The maximum atomic E-state index is 6.63. The van der Waals surface area contributed by atoms with E-state index in [9.17, 15) is 0 Å². The summed E-state index contributed by atoms with van der Waals surface area (Å²) in [6.07, 6.45) is 0. The molecule has 5 heavy (non-hydrogen) atoms. The Hall–Kier alpha value is -0.465. The van der Waals surface area contributed by atoms with Crippen molar-refractivity contribution in [3.8, 4) is 0 Å². The van der Waals surface area contributed by atoms with Crippen LogP contribution in [0.25, 0.3) is 0 Å². The predicted octanol–water partition coefficient (Wildman–Crippen LogP) is -0.879. The summed E-state index contributed by atoms with van der Waals surface area (Å²) in [4.78, 5) is 0. The fourth-order valence-corrected chi connectivity index (χ4v) is 0. The highest BCUT2D eigenvalue weighted by atomic mass is 14.8. The van der Waals surface area contributed by atoms with E-state index >= 15 is 0 Å². The monoisotopic (exact) mass is 70.1 g/mol. The molecular formula is C2H7BN2. The Balaban J connectivity index is 2.85. The van der Waals surface area contributed by atoms with Gasteiger partial charge in [-0.25, -0.2) is 0 Å². The molecule has 0 spiro atoms. The zero-order chi connectivity index (χ0) is 4.28. The van der Waals surface area contributed by atoms with Gasteiger partial charge >= 0.3 is 0 Å². The van der Waals surface area contributed by atoms with E-state index in [0.717, 1.165) is 0 Å². The van der Waals surface area contributed by atoms with Gasteiger partial charge in [-0.05, 0) is 6.92 Å². The van der Waals surface area contributed by atoms with Gasteiger partial charge in [-0.1, -0.05) is 0 Å².